The van der Waals surface area contributed by atoms with Crippen molar-refractivity contribution in [3.8, 4) is 0 Å². The lowest BCUT2D eigenvalue weighted by atomic mass is 10.1. The first-order valence-corrected chi connectivity index (χ1v) is 6.39. The van der Waals surface area contributed by atoms with Crippen LogP contribution in [0.1, 0.15) is 5.56 Å². The topological polar surface area (TPSA) is 95.5 Å². The molecule has 1 rings (SSSR count). The summed E-state index contributed by atoms with van der Waals surface area (Å²) >= 11 is 0. The molecule has 17 heavy (non-hydrogen) atoms. The van der Waals surface area contributed by atoms with E-state index in [9.17, 15) is 13.2 Å². The molecule has 0 saturated carbocycles. The summed E-state index contributed by atoms with van der Waals surface area (Å²) in [6.45, 7) is 0.449. The Morgan fingerprint density at radius 1 is 1.29 bits per heavy atom. The molecule has 1 aromatic rings. The summed E-state index contributed by atoms with van der Waals surface area (Å²) in [6, 6.07) is 5.57. The molecule has 6 nitrogen and oxygen atoms in total. The van der Waals surface area contributed by atoms with Crippen LogP contribution >= 0.6 is 0 Å². The number of carbonyl (C=O) groups excluding carboxylic acids is 1. The molecule has 0 heterocycles. The van der Waals surface area contributed by atoms with Crippen LogP contribution in [0.15, 0.2) is 29.2 Å². The highest BCUT2D eigenvalue weighted by Gasteiger charge is 2.08. The molecule has 0 unspecified atom stereocenters. The molecule has 0 aliphatic rings. The second-order valence-electron chi connectivity index (χ2n) is 3.37. The lowest BCUT2D eigenvalue weighted by Crippen LogP contribution is -2.33. The molecule has 2 amide bonds. The van der Waals surface area contributed by atoms with Crippen molar-refractivity contribution in [2.24, 2.45) is 0 Å². The van der Waals surface area contributed by atoms with E-state index >= 15 is 0 Å². The van der Waals surface area contributed by atoms with E-state index in [-0.39, 0.29) is 10.9 Å². The van der Waals surface area contributed by atoms with Gasteiger partial charge in [0.05, 0.1) is 4.90 Å². The molecular weight excluding hydrogens is 244 g/mol. The van der Waals surface area contributed by atoms with Crippen LogP contribution in [0.25, 0.3) is 0 Å². The van der Waals surface area contributed by atoms with Crippen molar-refractivity contribution in [3.05, 3.63) is 29.8 Å². The van der Waals surface area contributed by atoms with Crippen molar-refractivity contribution in [3.63, 3.8) is 0 Å². The van der Waals surface area contributed by atoms with Crippen LogP contribution in [0.5, 0.6) is 0 Å². The fourth-order valence-electron chi connectivity index (χ4n) is 1.24. The minimum Gasteiger partial charge on any atom is -0.341 e. The van der Waals surface area contributed by atoms with E-state index in [0.29, 0.717) is 13.0 Å². The van der Waals surface area contributed by atoms with E-state index in [1.165, 1.54) is 19.2 Å². The van der Waals surface area contributed by atoms with Crippen LogP contribution in [0.4, 0.5) is 4.79 Å². The fourth-order valence-corrected chi connectivity index (χ4v) is 1.72. The van der Waals surface area contributed by atoms with Crippen LogP contribution < -0.4 is 10.6 Å². The Kier molecular flexibility index (Phi) is 4.47. The zero-order valence-corrected chi connectivity index (χ0v) is 10.1. The number of nitrogens with one attached hydrogen (secondary N) is 2. The SMILES string of the molecule is CNC(=O)NCCc1ccc(S(=O)(=O)O)cc1. The van der Waals surface area contributed by atoms with E-state index < -0.39 is 10.1 Å². The van der Waals surface area contributed by atoms with Gasteiger partial charge in [0.1, 0.15) is 0 Å². The number of urea groups is 1. The Morgan fingerprint density at radius 2 is 1.88 bits per heavy atom. The minimum absolute atomic E-state index is 0.138. The summed E-state index contributed by atoms with van der Waals surface area (Å²) in [4.78, 5) is 10.7. The predicted molar refractivity (Wildman–Crippen MR) is 62.4 cm³/mol. The zero-order valence-electron chi connectivity index (χ0n) is 9.30. The number of benzene rings is 1. The summed E-state index contributed by atoms with van der Waals surface area (Å²) in [5.74, 6) is 0. The molecule has 7 heteroatoms. The van der Waals surface area contributed by atoms with Crippen LogP contribution in [-0.2, 0) is 16.5 Å². The number of carbonyl (C=O) groups is 1. The summed E-state index contributed by atoms with van der Waals surface area (Å²) < 4.78 is 30.3. The summed E-state index contributed by atoms with van der Waals surface area (Å²) in [5.41, 5.74) is 0.869. The average Bonchev–Trinajstić information content (AvgIpc) is 2.28. The third kappa shape index (κ3) is 4.41. The van der Waals surface area contributed by atoms with Crippen LogP contribution in [0.2, 0.25) is 0 Å². The highest BCUT2D eigenvalue weighted by Crippen LogP contribution is 2.10. The number of rotatable bonds is 4. The molecule has 0 saturated heterocycles. The largest absolute Gasteiger partial charge is 0.341 e. The molecular formula is C10H14N2O4S. The number of amides is 2. The maximum atomic E-state index is 10.9. The second-order valence-corrected chi connectivity index (χ2v) is 4.80. The summed E-state index contributed by atoms with van der Waals surface area (Å²) in [7, 11) is -2.61. The third-order valence-electron chi connectivity index (χ3n) is 2.15. The van der Waals surface area contributed by atoms with E-state index in [4.69, 9.17) is 4.55 Å². The first kappa shape index (κ1) is 13.5. The van der Waals surface area contributed by atoms with Gasteiger partial charge < -0.3 is 10.6 Å². The van der Waals surface area contributed by atoms with E-state index in [2.05, 4.69) is 10.6 Å². The van der Waals surface area contributed by atoms with Gasteiger partial charge in [0.15, 0.2) is 0 Å². The standard InChI is InChI=1S/C10H14N2O4S/c1-11-10(13)12-7-6-8-2-4-9(5-3-8)17(14,15)16/h2-5H,6-7H2,1H3,(H2,11,12,13)(H,14,15,16). The Balaban J connectivity index is 2.55. The Hall–Kier alpha value is -1.60. The zero-order chi connectivity index (χ0) is 12.9. The predicted octanol–water partition coefficient (Wildman–Crippen LogP) is 0.405. The summed E-state index contributed by atoms with van der Waals surface area (Å²) in [5, 5.41) is 5.03. The maximum Gasteiger partial charge on any atom is 0.314 e. The lowest BCUT2D eigenvalue weighted by Gasteiger charge is -2.04. The van der Waals surface area contributed by atoms with Gasteiger partial charge in [-0.15, -0.1) is 0 Å². The van der Waals surface area contributed by atoms with Crippen molar-refractivity contribution in [1.82, 2.24) is 10.6 Å². The molecule has 0 bridgehead atoms. The van der Waals surface area contributed by atoms with Crippen molar-refractivity contribution < 1.29 is 17.8 Å². The molecule has 0 aliphatic heterocycles. The Labute approximate surface area is 99.8 Å². The van der Waals surface area contributed by atoms with Crippen LogP contribution in [0, 0.1) is 0 Å². The molecule has 0 fully saturated rings. The van der Waals surface area contributed by atoms with E-state index in [1.807, 2.05) is 0 Å². The smallest absolute Gasteiger partial charge is 0.314 e. The van der Waals surface area contributed by atoms with Crippen molar-refractivity contribution >= 4 is 16.1 Å². The van der Waals surface area contributed by atoms with Gasteiger partial charge in [-0.2, -0.15) is 8.42 Å². The number of hydrogen-bond acceptors (Lipinski definition) is 3. The molecule has 0 aromatic heterocycles. The molecule has 3 N–H and O–H groups in total. The monoisotopic (exact) mass is 258 g/mol. The van der Waals surface area contributed by atoms with Crippen LogP contribution in [0.3, 0.4) is 0 Å². The van der Waals surface area contributed by atoms with Gasteiger partial charge in [0.25, 0.3) is 10.1 Å². The van der Waals surface area contributed by atoms with Gasteiger partial charge in [0.2, 0.25) is 0 Å². The molecule has 94 valence electrons. The Morgan fingerprint density at radius 3 is 2.35 bits per heavy atom. The molecule has 1 aromatic carbocycles. The van der Waals surface area contributed by atoms with Gasteiger partial charge in [-0.1, -0.05) is 12.1 Å². The highest BCUT2D eigenvalue weighted by atomic mass is 32.2. The van der Waals surface area contributed by atoms with Gasteiger partial charge in [-0.05, 0) is 24.1 Å². The quantitative estimate of drug-likeness (QED) is 0.681. The highest BCUT2D eigenvalue weighted by molar-refractivity contribution is 7.85. The molecule has 0 radical (unpaired) electrons. The first-order valence-electron chi connectivity index (χ1n) is 4.95. The van der Waals surface area contributed by atoms with E-state index in [1.54, 1.807) is 12.1 Å². The third-order valence-corrected chi connectivity index (χ3v) is 3.02. The molecule has 0 spiro atoms. The lowest BCUT2D eigenvalue weighted by molar-refractivity contribution is 0.243. The van der Waals surface area contributed by atoms with Crippen molar-refractivity contribution in [1.29, 1.82) is 0 Å². The van der Waals surface area contributed by atoms with E-state index in [0.717, 1.165) is 5.56 Å². The minimum atomic E-state index is -4.14. The number of hydrogen-bond donors (Lipinski definition) is 3. The summed E-state index contributed by atoms with van der Waals surface area (Å²) in [6.07, 6.45) is 0.583. The maximum absolute atomic E-state index is 10.9. The fraction of sp³-hybridized carbons (Fsp3) is 0.300. The van der Waals surface area contributed by atoms with Crippen LogP contribution in [-0.4, -0.2) is 32.6 Å². The first-order chi connectivity index (χ1) is 7.93. The normalized spacial score (nSPS) is 10.9. The molecule has 0 aliphatic carbocycles. The molecule has 0 atom stereocenters. The van der Waals surface area contributed by atoms with Crippen molar-refractivity contribution in [2.75, 3.05) is 13.6 Å². The van der Waals surface area contributed by atoms with Gasteiger partial charge in [-0.25, -0.2) is 4.79 Å². The van der Waals surface area contributed by atoms with Gasteiger partial charge >= 0.3 is 6.03 Å². The van der Waals surface area contributed by atoms with Crippen molar-refractivity contribution in [2.45, 2.75) is 11.3 Å². The second kappa shape index (κ2) is 5.65. The average molecular weight is 258 g/mol. The Bertz CT molecular complexity index is 482. The van der Waals surface area contributed by atoms with Gasteiger partial charge in [-0.3, -0.25) is 4.55 Å². The van der Waals surface area contributed by atoms with Gasteiger partial charge in [0, 0.05) is 13.6 Å².